The van der Waals surface area contributed by atoms with Crippen molar-refractivity contribution in [3.05, 3.63) is 53.6 Å². The first kappa shape index (κ1) is 15.4. The highest BCUT2D eigenvalue weighted by Crippen LogP contribution is 2.16. The van der Waals surface area contributed by atoms with Crippen molar-refractivity contribution >= 4 is 11.6 Å². The monoisotopic (exact) mass is 283 g/mol. The summed E-state index contributed by atoms with van der Waals surface area (Å²) >= 11 is 0. The van der Waals surface area contributed by atoms with Crippen molar-refractivity contribution in [1.29, 1.82) is 0 Å². The van der Waals surface area contributed by atoms with E-state index in [-0.39, 0.29) is 0 Å². The topological polar surface area (TPSA) is 37.0 Å². The quantitative estimate of drug-likeness (QED) is 0.777. The molecule has 1 aromatic heterocycles. The molecule has 0 unspecified atom stereocenters. The Bertz CT molecular complexity index is 547. The van der Waals surface area contributed by atoms with Crippen LogP contribution in [0.3, 0.4) is 0 Å². The third-order valence-electron chi connectivity index (χ3n) is 3.43. The second-order valence-electron chi connectivity index (χ2n) is 5.58. The summed E-state index contributed by atoms with van der Waals surface area (Å²) < 4.78 is 0. The predicted molar refractivity (Wildman–Crippen MR) is 90.9 cm³/mol. The van der Waals surface area contributed by atoms with Crippen LogP contribution in [0.2, 0.25) is 0 Å². The highest BCUT2D eigenvalue weighted by Gasteiger charge is 2.00. The summed E-state index contributed by atoms with van der Waals surface area (Å²) in [5, 5.41) is 6.68. The van der Waals surface area contributed by atoms with Crippen molar-refractivity contribution in [3.63, 3.8) is 0 Å². The van der Waals surface area contributed by atoms with Crippen LogP contribution >= 0.6 is 0 Å². The number of aromatic nitrogens is 1. The fourth-order valence-corrected chi connectivity index (χ4v) is 2.10. The molecule has 0 saturated carbocycles. The first-order valence-corrected chi connectivity index (χ1v) is 7.72. The number of nitrogens with zero attached hydrogens (tertiary/aromatic N) is 1. The Kier molecular flexibility index (Phi) is 5.61. The molecule has 1 heterocycles. The Morgan fingerprint density at radius 1 is 0.952 bits per heavy atom. The first-order valence-electron chi connectivity index (χ1n) is 7.72. The van der Waals surface area contributed by atoms with E-state index in [0.717, 1.165) is 31.1 Å². The summed E-state index contributed by atoms with van der Waals surface area (Å²) in [4.78, 5) is 4.55. The van der Waals surface area contributed by atoms with E-state index >= 15 is 0 Å². The van der Waals surface area contributed by atoms with Gasteiger partial charge in [-0.05, 0) is 35.6 Å². The lowest BCUT2D eigenvalue weighted by molar-refractivity contribution is 0.865. The molecule has 0 aliphatic carbocycles. The Morgan fingerprint density at radius 2 is 1.62 bits per heavy atom. The Hall–Kier alpha value is -2.03. The smallest absolute Gasteiger partial charge is 0.128 e. The molecular weight excluding hydrogens is 258 g/mol. The minimum Gasteiger partial charge on any atom is -0.370 e. The maximum atomic E-state index is 4.55. The summed E-state index contributed by atoms with van der Waals surface area (Å²) in [7, 11) is 0. The minimum atomic E-state index is 0.579. The number of hydrogen-bond donors (Lipinski definition) is 2. The van der Waals surface area contributed by atoms with E-state index in [2.05, 4.69) is 60.7 Å². The van der Waals surface area contributed by atoms with Crippen LogP contribution in [-0.2, 0) is 6.54 Å². The van der Waals surface area contributed by atoms with Crippen LogP contribution in [0.5, 0.6) is 0 Å². The zero-order valence-corrected chi connectivity index (χ0v) is 13.2. The first-order chi connectivity index (χ1) is 10.2. The van der Waals surface area contributed by atoms with Gasteiger partial charge in [-0.25, -0.2) is 4.98 Å². The third kappa shape index (κ3) is 4.78. The normalized spacial score (nSPS) is 10.7. The number of benzene rings is 1. The molecule has 3 heteroatoms. The van der Waals surface area contributed by atoms with Gasteiger partial charge in [-0.1, -0.05) is 51.1 Å². The maximum Gasteiger partial charge on any atom is 0.128 e. The van der Waals surface area contributed by atoms with E-state index < -0.39 is 0 Å². The predicted octanol–water partition coefficient (Wildman–Crippen LogP) is 4.64. The molecule has 2 N–H and O–H groups in total. The van der Waals surface area contributed by atoms with Crippen LogP contribution in [-0.4, -0.2) is 11.5 Å². The fraction of sp³-hybridized carbons (Fsp3) is 0.389. The van der Waals surface area contributed by atoms with E-state index in [1.807, 2.05) is 18.2 Å². The highest BCUT2D eigenvalue weighted by atomic mass is 15.1. The zero-order valence-electron chi connectivity index (χ0n) is 13.2. The summed E-state index contributed by atoms with van der Waals surface area (Å²) in [6, 6.07) is 14.8. The number of pyridine rings is 1. The molecule has 0 aliphatic heterocycles. The van der Waals surface area contributed by atoms with E-state index in [9.17, 15) is 0 Å². The molecule has 1 aromatic carbocycles. The van der Waals surface area contributed by atoms with E-state index in [1.165, 1.54) is 11.1 Å². The Balaban J connectivity index is 1.93. The number of rotatable bonds is 7. The van der Waals surface area contributed by atoms with E-state index in [0.29, 0.717) is 5.92 Å². The van der Waals surface area contributed by atoms with Crippen molar-refractivity contribution in [2.45, 2.75) is 39.7 Å². The molecule has 0 aliphatic rings. The van der Waals surface area contributed by atoms with E-state index in [4.69, 9.17) is 0 Å². The highest BCUT2D eigenvalue weighted by molar-refractivity contribution is 5.45. The minimum absolute atomic E-state index is 0.579. The molecule has 21 heavy (non-hydrogen) atoms. The maximum absolute atomic E-state index is 4.55. The van der Waals surface area contributed by atoms with Crippen LogP contribution in [0.4, 0.5) is 11.6 Å². The SMILES string of the molecule is CCCNc1cccc(NCc2ccc(C(C)C)cc2)n1. The number of nitrogens with one attached hydrogen (secondary N) is 2. The van der Waals surface area contributed by atoms with E-state index in [1.54, 1.807) is 0 Å². The zero-order chi connectivity index (χ0) is 15.1. The lowest BCUT2D eigenvalue weighted by Crippen LogP contribution is -2.05. The average molecular weight is 283 g/mol. The van der Waals surface area contributed by atoms with Gasteiger partial charge in [0, 0.05) is 13.1 Å². The molecule has 2 rings (SSSR count). The van der Waals surface area contributed by atoms with Crippen molar-refractivity contribution in [2.75, 3.05) is 17.2 Å². The lowest BCUT2D eigenvalue weighted by Gasteiger charge is -2.10. The van der Waals surface area contributed by atoms with Crippen LogP contribution in [0.25, 0.3) is 0 Å². The summed E-state index contributed by atoms with van der Waals surface area (Å²) in [6.45, 7) is 8.32. The molecule has 0 saturated heterocycles. The molecule has 3 nitrogen and oxygen atoms in total. The largest absolute Gasteiger partial charge is 0.370 e. The molecule has 0 spiro atoms. The average Bonchev–Trinajstić information content (AvgIpc) is 2.52. The summed E-state index contributed by atoms with van der Waals surface area (Å²) in [5.41, 5.74) is 2.65. The molecule has 0 atom stereocenters. The van der Waals surface area contributed by atoms with Gasteiger partial charge in [0.15, 0.2) is 0 Å². The van der Waals surface area contributed by atoms with Crippen molar-refractivity contribution in [2.24, 2.45) is 0 Å². The second kappa shape index (κ2) is 7.67. The van der Waals surface area contributed by atoms with Crippen molar-refractivity contribution < 1.29 is 0 Å². The van der Waals surface area contributed by atoms with Gasteiger partial charge in [0.2, 0.25) is 0 Å². The summed E-state index contributed by atoms with van der Waals surface area (Å²) in [6.07, 6.45) is 1.10. The molecule has 0 fully saturated rings. The third-order valence-corrected chi connectivity index (χ3v) is 3.43. The van der Waals surface area contributed by atoms with Gasteiger partial charge in [0.1, 0.15) is 11.6 Å². The van der Waals surface area contributed by atoms with Gasteiger partial charge in [0.05, 0.1) is 0 Å². The van der Waals surface area contributed by atoms with Gasteiger partial charge in [-0.15, -0.1) is 0 Å². The molecule has 112 valence electrons. The van der Waals surface area contributed by atoms with Crippen LogP contribution < -0.4 is 10.6 Å². The number of hydrogen-bond acceptors (Lipinski definition) is 3. The van der Waals surface area contributed by atoms with Gasteiger partial charge in [0.25, 0.3) is 0 Å². The van der Waals surface area contributed by atoms with Gasteiger partial charge in [-0.3, -0.25) is 0 Å². The molecule has 0 amide bonds. The molecule has 2 aromatic rings. The van der Waals surface area contributed by atoms with Crippen molar-refractivity contribution in [3.8, 4) is 0 Å². The fourth-order valence-electron chi connectivity index (χ4n) is 2.10. The molecular formula is C18H25N3. The number of anilines is 2. The lowest BCUT2D eigenvalue weighted by atomic mass is 10.0. The van der Waals surface area contributed by atoms with Crippen LogP contribution in [0, 0.1) is 0 Å². The molecule has 0 bridgehead atoms. The van der Waals surface area contributed by atoms with Crippen LogP contribution in [0.1, 0.15) is 44.2 Å². The Morgan fingerprint density at radius 3 is 2.24 bits per heavy atom. The second-order valence-corrected chi connectivity index (χ2v) is 5.58. The standard InChI is InChI=1S/C18H25N3/c1-4-12-19-17-6-5-7-18(21-17)20-13-15-8-10-16(11-9-15)14(2)3/h5-11,14H,4,12-13H2,1-3H3,(H2,19,20,21). The van der Waals surface area contributed by atoms with Gasteiger partial charge < -0.3 is 10.6 Å². The molecule has 0 radical (unpaired) electrons. The summed E-state index contributed by atoms with van der Waals surface area (Å²) in [5.74, 6) is 2.41. The van der Waals surface area contributed by atoms with Crippen molar-refractivity contribution in [1.82, 2.24) is 4.98 Å². The Labute approximate surface area is 127 Å². The van der Waals surface area contributed by atoms with Gasteiger partial charge in [-0.2, -0.15) is 0 Å². The van der Waals surface area contributed by atoms with Gasteiger partial charge >= 0.3 is 0 Å². The van der Waals surface area contributed by atoms with Crippen LogP contribution in [0.15, 0.2) is 42.5 Å².